The second-order valence-electron chi connectivity index (χ2n) is 6.35. The topological polar surface area (TPSA) is 52.6 Å². The standard InChI is InChI=1S/C17H27N3O2S2/c1-4-9-18-17(23)19-10-12-20(13-11-19)24(21,22)16-7-5-15(6-8-16)14(2)3/h5-8,14H,4,9-13H2,1-3H3,(H,18,23). The van der Waals surface area contributed by atoms with Gasteiger partial charge in [0.15, 0.2) is 5.11 Å². The first-order chi connectivity index (χ1) is 11.4. The van der Waals surface area contributed by atoms with Crippen LogP contribution in [0.5, 0.6) is 0 Å². The first-order valence-electron chi connectivity index (χ1n) is 8.49. The number of rotatable bonds is 5. The monoisotopic (exact) mass is 369 g/mol. The summed E-state index contributed by atoms with van der Waals surface area (Å²) in [6, 6.07) is 7.23. The Morgan fingerprint density at radius 3 is 2.25 bits per heavy atom. The van der Waals surface area contributed by atoms with E-state index in [1.807, 2.05) is 17.0 Å². The summed E-state index contributed by atoms with van der Waals surface area (Å²) in [5.74, 6) is 0.391. The van der Waals surface area contributed by atoms with Crippen LogP contribution in [0.1, 0.15) is 38.7 Å². The Kier molecular flexibility index (Phi) is 6.60. The molecule has 0 radical (unpaired) electrons. The van der Waals surface area contributed by atoms with Crippen molar-refractivity contribution >= 4 is 27.4 Å². The van der Waals surface area contributed by atoms with E-state index in [-0.39, 0.29) is 0 Å². The smallest absolute Gasteiger partial charge is 0.243 e. The molecule has 1 aromatic rings. The molecule has 1 saturated heterocycles. The predicted octanol–water partition coefficient (Wildman–Crippen LogP) is 2.40. The van der Waals surface area contributed by atoms with Crippen molar-refractivity contribution in [3.63, 3.8) is 0 Å². The van der Waals surface area contributed by atoms with E-state index in [2.05, 4.69) is 26.1 Å². The van der Waals surface area contributed by atoms with Gasteiger partial charge in [0.25, 0.3) is 0 Å². The molecule has 0 bridgehead atoms. The molecule has 1 fully saturated rings. The van der Waals surface area contributed by atoms with Crippen LogP contribution in [0.2, 0.25) is 0 Å². The van der Waals surface area contributed by atoms with Gasteiger partial charge in [-0.25, -0.2) is 8.42 Å². The minimum absolute atomic E-state index is 0.368. The van der Waals surface area contributed by atoms with E-state index in [9.17, 15) is 8.42 Å². The summed E-state index contributed by atoms with van der Waals surface area (Å²) in [5, 5.41) is 3.91. The van der Waals surface area contributed by atoms with Gasteiger partial charge in [-0.15, -0.1) is 0 Å². The fourth-order valence-electron chi connectivity index (χ4n) is 2.65. The highest BCUT2D eigenvalue weighted by Crippen LogP contribution is 2.21. The Hall–Kier alpha value is -1.18. The molecule has 134 valence electrons. The highest BCUT2D eigenvalue weighted by atomic mass is 32.2. The van der Waals surface area contributed by atoms with Gasteiger partial charge in [-0.1, -0.05) is 32.9 Å². The van der Waals surface area contributed by atoms with Crippen LogP contribution in [-0.4, -0.2) is 55.5 Å². The first-order valence-corrected chi connectivity index (χ1v) is 10.3. The third kappa shape index (κ3) is 4.46. The highest BCUT2D eigenvalue weighted by molar-refractivity contribution is 7.89. The van der Waals surface area contributed by atoms with Gasteiger partial charge in [-0.2, -0.15) is 4.31 Å². The van der Waals surface area contributed by atoms with Gasteiger partial charge in [0.05, 0.1) is 4.90 Å². The maximum absolute atomic E-state index is 12.8. The van der Waals surface area contributed by atoms with Gasteiger partial charge in [-0.05, 0) is 42.3 Å². The van der Waals surface area contributed by atoms with E-state index in [1.54, 1.807) is 16.4 Å². The third-order valence-corrected chi connectivity index (χ3v) is 6.55. The van der Waals surface area contributed by atoms with Crippen LogP contribution in [0.25, 0.3) is 0 Å². The first kappa shape index (κ1) is 19.1. The molecule has 1 aliphatic rings. The van der Waals surface area contributed by atoms with Crippen molar-refractivity contribution in [2.75, 3.05) is 32.7 Å². The molecule has 24 heavy (non-hydrogen) atoms. The largest absolute Gasteiger partial charge is 0.363 e. The van der Waals surface area contributed by atoms with Crippen molar-refractivity contribution in [3.8, 4) is 0 Å². The molecule has 0 spiro atoms. The molecule has 0 amide bonds. The fourth-order valence-corrected chi connectivity index (χ4v) is 4.36. The molecule has 7 heteroatoms. The van der Waals surface area contributed by atoms with Gasteiger partial charge in [0.1, 0.15) is 0 Å². The SMILES string of the molecule is CCCNC(=S)N1CCN(S(=O)(=O)c2ccc(C(C)C)cc2)CC1. The van der Waals surface area contributed by atoms with Gasteiger partial charge < -0.3 is 10.2 Å². The third-order valence-electron chi connectivity index (χ3n) is 4.24. The number of nitrogens with one attached hydrogen (secondary N) is 1. The molecular formula is C17H27N3O2S2. The Morgan fingerprint density at radius 2 is 1.75 bits per heavy atom. The van der Waals surface area contributed by atoms with E-state index in [0.29, 0.717) is 37.0 Å². The summed E-state index contributed by atoms with van der Waals surface area (Å²) in [6.07, 6.45) is 1.01. The lowest BCUT2D eigenvalue weighted by molar-refractivity contribution is 0.264. The van der Waals surface area contributed by atoms with Crippen LogP contribution in [0.4, 0.5) is 0 Å². The average molecular weight is 370 g/mol. The van der Waals surface area contributed by atoms with Crippen molar-refractivity contribution in [2.45, 2.75) is 38.0 Å². The molecule has 1 aliphatic heterocycles. The summed E-state index contributed by atoms with van der Waals surface area (Å²) in [6.45, 7) is 9.29. The van der Waals surface area contributed by atoms with Crippen LogP contribution in [0.3, 0.4) is 0 Å². The number of hydrogen-bond acceptors (Lipinski definition) is 3. The quantitative estimate of drug-likeness (QED) is 0.808. The lowest BCUT2D eigenvalue weighted by atomic mass is 10.0. The molecule has 5 nitrogen and oxygen atoms in total. The number of nitrogens with zero attached hydrogens (tertiary/aromatic N) is 2. The summed E-state index contributed by atoms with van der Waals surface area (Å²) >= 11 is 5.35. The zero-order valence-corrected chi connectivity index (χ0v) is 16.3. The normalized spacial score (nSPS) is 16.4. The van der Waals surface area contributed by atoms with Crippen LogP contribution < -0.4 is 5.32 Å². The minimum Gasteiger partial charge on any atom is -0.363 e. The highest BCUT2D eigenvalue weighted by Gasteiger charge is 2.29. The minimum atomic E-state index is -3.43. The van der Waals surface area contributed by atoms with Crippen LogP contribution in [0.15, 0.2) is 29.2 Å². The second-order valence-corrected chi connectivity index (χ2v) is 8.67. The fraction of sp³-hybridized carbons (Fsp3) is 0.588. The van der Waals surface area contributed by atoms with Crippen LogP contribution >= 0.6 is 12.2 Å². The van der Waals surface area contributed by atoms with E-state index in [0.717, 1.165) is 23.6 Å². The van der Waals surface area contributed by atoms with Crippen LogP contribution in [0, 0.1) is 0 Å². The van der Waals surface area contributed by atoms with Crippen LogP contribution in [-0.2, 0) is 10.0 Å². The summed E-state index contributed by atoms with van der Waals surface area (Å²) in [5.41, 5.74) is 1.14. The molecular weight excluding hydrogens is 342 g/mol. The molecule has 0 aromatic heterocycles. The number of piperazine rings is 1. The molecule has 1 aromatic carbocycles. The van der Waals surface area contributed by atoms with E-state index < -0.39 is 10.0 Å². The molecule has 0 aliphatic carbocycles. The molecule has 2 rings (SSSR count). The molecule has 0 atom stereocenters. The number of hydrogen-bond donors (Lipinski definition) is 1. The lowest BCUT2D eigenvalue weighted by Gasteiger charge is -2.35. The van der Waals surface area contributed by atoms with E-state index >= 15 is 0 Å². The predicted molar refractivity (Wildman–Crippen MR) is 102 cm³/mol. The van der Waals surface area contributed by atoms with Gasteiger partial charge in [0.2, 0.25) is 10.0 Å². The summed E-state index contributed by atoms with van der Waals surface area (Å²) < 4.78 is 27.1. The maximum atomic E-state index is 12.8. The van der Waals surface area contributed by atoms with Crippen molar-refractivity contribution < 1.29 is 8.42 Å². The van der Waals surface area contributed by atoms with Gasteiger partial charge >= 0.3 is 0 Å². The molecule has 0 saturated carbocycles. The zero-order valence-electron chi connectivity index (χ0n) is 14.7. The van der Waals surface area contributed by atoms with E-state index in [1.165, 1.54) is 0 Å². The molecule has 1 N–H and O–H groups in total. The zero-order chi connectivity index (χ0) is 17.7. The van der Waals surface area contributed by atoms with Crippen molar-refractivity contribution in [1.82, 2.24) is 14.5 Å². The van der Waals surface area contributed by atoms with Crippen molar-refractivity contribution in [1.29, 1.82) is 0 Å². The molecule has 0 unspecified atom stereocenters. The number of thiocarbonyl (C=S) groups is 1. The Bertz CT molecular complexity index is 649. The Balaban J connectivity index is 2.00. The summed E-state index contributed by atoms with van der Waals surface area (Å²) in [4.78, 5) is 2.41. The van der Waals surface area contributed by atoms with Crippen molar-refractivity contribution in [3.05, 3.63) is 29.8 Å². The Labute approximate surface area is 151 Å². The maximum Gasteiger partial charge on any atom is 0.243 e. The number of benzene rings is 1. The van der Waals surface area contributed by atoms with Gasteiger partial charge in [0, 0.05) is 32.7 Å². The van der Waals surface area contributed by atoms with Crippen molar-refractivity contribution in [2.24, 2.45) is 0 Å². The Morgan fingerprint density at radius 1 is 1.17 bits per heavy atom. The average Bonchev–Trinajstić information content (AvgIpc) is 2.59. The number of sulfonamides is 1. The lowest BCUT2D eigenvalue weighted by Crippen LogP contribution is -2.53. The van der Waals surface area contributed by atoms with Gasteiger partial charge in [-0.3, -0.25) is 0 Å². The summed E-state index contributed by atoms with van der Waals surface area (Å²) in [7, 11) is -3.43. The molecule has 1 heterocycles. The van der Waals surface area contributed by atoms with E-state index in [4.69, 9.17) is 12.2 Å². The second kappa shape index (κ2) is 8.27.